The molecule has 0 aliphatic rings. The van der Waals surface area contributed by atoms with Gasteiger partial charge in [0.1, 0.15) is 11.5 Å². The van der Waals surface area contributed by atoms with Crippen LogP contribution in [-0.2, 0) is 9.59 Å². The first-order valence-electron chi connectivity index (χ1n) is 12.3. The van der Waals surface area contributed by atoms with Crippen LogP contribution in [0.15, 0.2) is 42.5 Å². The Bertz CT molecular complexity index is 1190. The fraction of sp³-hybridized carbons (Fsp3) is 0.333. The predicted molar refractivity (Wildman–Crippen MR) is 158 cm³/mol. The minimum absolute atomic E-state index is 0.242. The summed E-state index contributed by atoms with van der Waals surface area (Å²) < 4.78 is 12.7. The van der Waals surface area contributed by atoms with E-state index in [1.54, 1.807) is 32.0 Å². The van der Waals surface area contributed by atoms with Gasteiger partial charge in [0.2, 0.25) is 0 Å². The lowest BCUT2D eigenvalue weighted by Crippen LogP contribution is -2.32. The van der Waals surface area contributed by atoms with Crippen LogP contribution in [0.25, 0.3) is 0 Å². The number of ether oxygens (including phenoxy) is 2. The van der Waals surface area contributed by atoms with Crippen LogP contribution in [0.5, 0.6) is 11.5 Å². The van der Waals surface area contributed by atoms with Crippen LogP contribution in [0.3, 0.4) is 0 Å². The predicted octanol–water partition coefficient (Wildman–Crippen LogP) is 6.95. The number of hydrogen-bond acceptors (Lipinski definition) is 4. The summed E-state index contributed by atoms with van der Waals surface area (Å²) in [4.78, 5) is 25.8. The minimum atomic E-state index is -0.739. The van der Waals surface area contributed by atoms with Crippen molar-refractivity contribution in [3.05, 3.63) is 79.4 Å². The van der Waals surface area contributed by atoms with Gasteiger partial charge in [-0.3, -0.25) is 9.59 Å². The molecule has 0 bridgehead atoms. The number of nitrogens with one attached hydrogen (secondary N) is 2. The van der Waals surface area contributed by atoms with Crippen molar-refractivity contribution in [2.24, 2.45) is 0 Å². The summed E-state index contributed by atoms with van der Waals surface area (Å²) in [7, 11) is 0. The van der Waals surface area contributed by atoms with Gasteiger partial charge in [-0.05, 0) is 112 Å². The Morgan fingerprint density at radius 2 is 1.00 bits per heavy atom. The molecule has 0 aromatic heterocycles. The molecule has 0 radical (unpaired) electrons. The van der Waals surface area contributed by atoms with Gasteiger partial charge >= 0.3 is 0 Å². The lowest BCUT2D eigenvalue weighted by atomic mass is 10.0. The molecule has 0 aliphatic heterocycles. The summed E-state index contributed by atoms with van der Waals surface area (Å²) in [5.41, 5.74) is 7.93. The van der Waals surface area contributed by atoms with Gasteiger partial charge in [-0.15, -0.1) is 0 Å². The SMILES string of the molecule is Cc1cc(C)c(NC(=O)[C@H](C)Oc2cccc(O[C@H](C)C(=O)Nc3c(C)cc(C)cc3C)c2I)c(C)c1. The molecule has 3 aromatic carbocycles. The summed E-state index contributed by atoms with van der Waals surface area (Å²) in [6.07, 6.45) is -1.48. The Labute approximate surface area is 233 Å². The van der Waals surface area contributed by atoms with Crippen molar-refractivity contribution in [1.82, 2.24) is 0 Å². The largest absolute Gasteiger partial charge is 0.480 e. The highest BCUT2D eigenvalue weighted by Crippen LogP contribution is 2.32. The first-order chi connectivity index (χ1) is 17.4. The zero-order valence-electron chi connectivity index (χ0n) is 22.7. The third kappa shape index (κ3) is 7.03. The molecule has 6 nitrogen and oxygen atoms in total. The van der Waals surface area contributed by atoms with Crippen molar-refractivity contribution in [1.29, 1.82) is 0 Å². The van der Waals surface area contributed by atoms with Gasteiger partial charge in [0, 0.05) is 11.4 Å². The van der Waals surface area contributed by atoms with Gasteiger partial charge in [-0.1, -0.05) is 41.5 Å². The van der Waals surface area contributed by atoms with Crippen LogP contribution in [0, 0.1) is 45.1 Å². The van der Waals surface area contributed by atoms with E-state index >= 15 is 0 Å². The van der Waals surface area contributed by atoms with Gasteiger partial charge in [0.05, 0.1) is 3.57 Å². The molecule has 0 spiro atoms. The smallest absolute Gasteiger partial charge is 0.265 e. The maximum atomic E-state index is 12.9. The van der Waals surface area contributed by atoms with E-state index in [0.29, 0.717) is 15.1 Å². The number of anilines is 2. The second-order valence-electron chi connectivity index (χ2n) is 9.61. The highest BCUT2D eigenvalue weighted by atomic mass is 127. The number of benzene rings is 3. The van der Waals surface area contributed by atoms with Crippen LogP contribution < -0.4 is 20.1 Å². The van der Waals surface area contributed by atoms with E-state index in [1.165, 1.54) is 0 Å². The zero-order valence-corrected chi connectivity index (χ0v) is 24.9. The van der Waals surface area contributed by atoms with Crippen molar-refractivity contribution in [3.8, 4) is 11.5 Å². The van der Waals surface area contributed by atoms with Crippen LogP contribution in [0.4, 0.5) is 11.4 Å². The fourth-order valence-electron chi connectivity index (χ4n) is 4.36. The number of halogens is 1. The van der Waals surface area contributed by atoms with Gasteiger partial charge < -0.3 is 20.1 Å². The summed E-state index contributed by atoms with van der Waals surface area (Å²) in [5.74, 6) is 0.536. The van der Waals surface area contributed by atoms with Crippen molar-refractivity contribution >= 4 is 45.8 Å². The van der Waals surface area contributed by atoms with E-state index in [4.69, 9.17) is 9.47 Å². The maximum Gasteiger partial charge on any atom is 0.265 e. The normalized spacial score (nSPS) is 12.5. The first kappa shape index (κ1) is 28.5. The van der Waals surface area contributed by atoms with E-state index in [1.807, 2.05) is 65.8 Å². The fourth-order valence-corrected chi connectivity index (χ4v) is 4.98. The van der Waals surface area contributed by atoms with Crippen molar-refractivity contribution in [2.45, 2.75) is 67.6 Å². The molecular formula is C30H35IN2O4. The number of amides is 2. The Kier molecular flexibility index (Phi) is 9.23. The monoisotopic (exact) mass is 614 g/mol. The number of carbonyl (C=O) groups excluding carboxylic acids is 2. The second-order valence-corrected chi connectivity index (χ2v) is 10.7. The average molecular weight is 615 g/mol. The lowest BCUT2D eigenvalue weighted by Gasteiger charge is -2.21. The molecule has 196 valence electrons. The number of carbonyl (C=O) groups is 2. The van der Waals surface area contributed by atoms with Crippen LogP contribution in [0.2, 0.25) is 0 Å². The molecule has 0 aliphatic carbocycles. The third-order valence-electron chi connectivity index (χ3n) is 6.12. The van der Waals surface area contributed by atoms with Crippen molar-refractivity contribution in [3.63, 3.8) is 0 Å². The minimum Gasteiger partial charge on any atom is -0.480 e. The molecule has 2 amide bonds. The summed E-state index contributed by atoms with van der Waals surface area (Å²) in [6, 6.07) is 13.5. The molecule has 0 unspecified atom stereocenters. The number of hydrogen-bond donors (Lipinski definition) is 2. The first-order valence-corrected chi connectivity index (χ1v) is 13.3. The van der Waals surface area contributed by atoms with E-state index in [0.717, 1.165) is 44.8 Å². The molecular weight excluding hydrogens is 579 g/mol. The van der Waals surface area contributed by atoms with E-state index in [9.17, 15) is 9.59 Å². The van der Waals surface area contributed by atoms with Gasteiger partial charge in [0.15, 0.2) is 12.2 Å². The highest BCUT2D eigenvalue weighted by Gasteiger charge is 2.22. The molecule has 0 heterocycles. The molecule has 2 N–H and O–H groups in total. The van der Waals surface area contributed by atoms with Gasteiger partial charge in [-0.2, -0.15) is 0 Å². The van der Waals surface area contributed by atoms with E-state index < -0.39 is 12.2 Å². The maximum absolute atomic E-state index is 12.9. The van der Waals surface area contributed by atoms with Crippen LogP contribution in [-0.4, -0.2) is 24.0 Å². The quantitative estimate of drug-likeness (QED) is 0.269. The molecule has 3 rings (SSSR count). The molecule has 2 atom stereocenters. The van der Waals surface area contributed by atoms with Crippen LogP contribution >= 0.6 is 22.6 Å². The topological polar surface area (TPSA) is 76.7 Å². The Hall–Kier alpha value is -3.07. The van der Waals surface area contributed by atoms with Crippen molar-refractivity contribution < 1.29 is 19.1 Å². The lowest BCUT2D eigenvalue weighted by molar-refractivity contribution is -0.122. The number of rotatable bonds is 8. The molecule has 3 aromatic rings. The second kappa shape index (κ2) is 12.0. The van der Waals surface area contributed by atoms with Crippen LogP contribution in [0.1, 0.15) is 47.2 Å². The molecule has 7 heteroatoms. The zero-order chi connectivity index (χ0) is 27.4. The van der Waals surface area contributed by atoms with Gasteiger partial charge in [0.25, 0.3) is 11.8 Å². The van der Waals surface area contributed by atoms with Gasteiger partial charge in [-0.25, -0.2) is 0 Å². The van der Waals surface area contributed by atoms with E-state index in [-0.39, 0.29) is 11.8 Å². The summed E-state index contributed by atoms with van der Waals surface area (Å²) in [6.45, 7) is 15.4. The van der Waals surface area contributed by atoms with Crippen molar-refractivity contribution in [2.75, 3.05) is 10.6 Å². The average Bonchev–Trinajstić information content (AvgIpc) is 2.80. The Morgan fingerprint density at radius 3 is 1.32 bits per heavy atom. The summed E-state index contributed by atoms with van der Waals surface area (Å²) >= 11 is 2.12. The molecule has 0 saturated heterocycles. The Balaban J connectivity index is 1.68. The number of aryl methyl sites for hydroxylation is 6. The molecule has 37 heavy (non-hydrogen) atoms. The third-order valence-corrected chi connectivity index (χ3v) is 7.19. The Morgan fingerprint density at radius 1 is 0.676 bits per heavy atom. The molecule has 0 fully saturated rings. The highest BCUT2D eigenvalue weighted by molar-refractivity contribution is 14.1. The molecule has 0 saturated carbocycles. The van der Waals surface area contributed by atoms with E-state index in [2.05, 4.69) is 33.2 Å². The summed E-state index contributed by atoms with van der Waals surface area (Å²) in [5, 5.41) is 5.98. The standard InChI is InChI=1S/C30H35IN2O4/c1-16-12-18(3)27(19(4)13-16)32-29(34)22(7)36-24-10-9-11-25(26(24)31)37-23(8)30(35)33-28-20(5)14-17(2)15-21(28)6/h9-15,22-23H,1-8H3,(H,32,34)(H,33,35)/t22-,23+.